The van der Waals surface area contributed by atoms with Crippen molar-refractivity contribution < 1.29 is 18.0 Å². The third kappa shape index (κ3) is 2.31. The van der Waals surface area contributed by atoms with Crippen molar-refractivity contribution in [3.63, 3.8) is 0 Å². The molecule has 0 aromatic heterocycles. The average molecular weight is 323 g/mol. The summed E-state index contributed by atoms with van der Waals surface area (Å²) in [5.41, 5.74) is 7.62. The van der Waals surface area contributed by atoms with Crippen molar-refractivity contribution in [2.24, 2.45) is 0 Å². The SMILES string of the molecule is Nc1ccc(Br)c2c1CN(C(=O)C(F)(F)F)CC2. The van der Waals surface area contributed by atoms with Crippen LogP contribution in [0, 0.1) is 0 Å². The largest absolute Gasteiger partial charge is 0.471 e. The second kappa shape index (κ2) is 4.46. The summed E-state index contributed by atoms with van der Waals surface area (Å²) >= 11 is 3.33. The number of anilines is 1. The number of nitrogens with zero attached hydrogens (tertiary/aromatic N) is 1. The molecule has 1 aliphatic rings. The molecule has 0 spiro atoms. The molecule has 3 nitrogen and oxygen atoms in total. The number of carbonyl (C=O) groups is 1. The standard InChI is InChI=1S/C11H10BrF3N2O/c12-8-1-2-9(16)7-5-17(4-3-6(7)8)10(18)11(13,14)15/h1-2H,3-5,16H2. The highest BCUT2D eigenvalue weighted by atomic mass is 79.9. The predicted octanol–water partition coefficient (Wildman–Crippen LogP) is 2.48. The van der Waals surface area contributed by atoms with Crippen molar-refractivity contribution in [1.29, 1.82) is 0 Å². The molecular formula is C11H10BrF3N2O. The highest BCUT2D eigenvalue weighted by molar-refractivity contribution is 9.10. The predicted molar refractivity (Wildman–Crippen MR) is 63.7 cm³/mol. The number of hydrogen-bond donors (Lipinski definition) is 1. The number of fused-ring (bicyclic) bond motifs is 1. The van der Waals surface area contributed by atoms with Gasteiger partial charge in [-0.2, -0.15) is 13.2 Å². The normalized spacial score (nSPS) is 15.4. The maximum absolute atomic E-state index is 12.4. The van der Waals surface area contributed by atoms with E-state index in [4.69, 9.17) is 5.73 Å². The van der Waals surface area contributed by atoms with Crippen molar-refractivity contribution in [3.05, 3.63) is 27.7 Å². The lowest BCUT2D eigenvalue weighted by Crippen LogP contribution is -2.44. The molecule has 1 aromatic carbocycles. The summed E-state index contributed by atoms with van der Waals surface area (Å²) in [7, 11) is 0. The first-order valence-corrected chi connectivity index (χ1v) is 6.02. The minimum absolute atomic E-state index is 0.0490. The van der Waals surface area contributed by atoms with Gasteiger partial charge in [-0.15, -0.1) is 0 Å². The van der Waals surface area contributed by atoms with Crippen LogP contribution in [-0.4, -0.2) is 23.5 Å². The topological polar surface area (TPSA) is 46.3 Å². The van der Waals surface area contributed by atoms with Gasteiger partial charge in [-0.3, -0.25) is 4.79 Å². The van der Waals surface area contributed by atoms with E-state index in [1.54, 1.807) is 12.1 Å². The summed E-state index contributed by atoms with van der Waals surface area (Å²) < 4.78 is 37.9. The van der Waals surface area contributed by atoms with Crippen molar-refractivity contribution >= 4 is 27.5 Å². The number of rotatable bonds is 0. The quantitative estimate of drug-likeness (QED) is 0.746. The number of carbonyl (C=O) groups excluding carboxylic acids is 1. The van der Waals surface area contributed by atoms with Crippen molar-refractivity contribution in [3.8, 4) is 0 Å². The maximum atomic E-state index is 12.4. The second-order valence-corrected chi connectivity index (χ2v) is 4.92. The molecule has 1 amide bonds. The molecule has 1 aromatic rings. The molecule has 7 heteroatoms. The van der Waals surface area contributed by atoms with Gasteiger partial charge in [0.2, 0.25) is 0 Å². The molecule has 0 saturated carbocycles. The number of amides is 1. The highest BCUT2D eigenvalue weighted by Crippen LogP contribution is 2.32. The Labute approximate surface area is 110 Å². The molecule has 0 radical (unpaired) electrons. The smallest absolute Gasteiger partial charge is 0.398 e. The summed E-state index contributed by atoms with van der Waals surface area (Å²) in [6.07, 6.45) is -4.47. The molecule has 2 N–H and O–H groups in total. The van der Waals surface area contributed by atoms with Crippen molar-refractivity contribution in [2.75, 3.05) is 12.3 Å². The molecule has 18 heavy (non-hydrogen) atoms. The van der Waals surface area contributed by atoms with E-state index in [2.05, 4.69) is 15.9 Å². The van der Waals surface area contributed by atoms with E-state index in [0.29, 0.717) is 17.7 Å². The van der Waals surface area contributed by atoms with Gasteiger partial charge in [0.1, 0.15) is 0 Å². The van der Waals surface area contributed by atoms with Gasteiger partial charge in [-0.05, 0) is 29.7 Å². The number of halogens is 4. The van der Waals surface area contributed by atoms with Crippen LogP contribution in [0.15, 0.2) is 16.6 Å². The molecule has 0 atom stereocenters. The van der Waals surface area contributed by atoms with Crippen LogP contribution in [0.4, 0.5) is 18.9 Å². The Kier molecular flexibility index (Phi) is 3.27. The lowest BCUT2D eigenvalue weighted by atomic mass is 9.98. The molecule has 1 heterocycles. The Bertz CT molecular complexity index is 502. The van der Waals surface area contributed by atoms with Gasteiger partial charge >= 0.3 is 12.1 Å². The third-order valence-corrected chi connectivity index (χ3v) is 3.66. The average Bonchev–Trinajstić information content (AvgIpc) is 2.31. The number of alkyl halides is 3. The van der Waals surface area contributed by atoms with Crippen LogP contribution in [0.25, 0.3) is 0 Å². The first-order valence-electron chi connectivity index (χ1n) is 5.22. The van der Waals surface area contributed by atoms with Gasteiger partial charge < -0.3 is 10.6 Å². The summed E-state index contributed by atoms with van der Waals surface area (Å²) in [6.45, 7) is -0.0493. The monoisotopic (exact) mass is 322 g/mol. The lowest BCUT2D eigenvalue weighted by Gasteiger charge is -2.30. The number of benzene rings is 1. The summed E-state index contributed by atoms with van der Waals surface area (Å²) in [5.74, 6) is -1.81. The number of nitrogen functional groups attached to an aromatic ring is 1. The molecule has 0 aliphatic carbocycles. The minimum Gasteiger partial charge on any atom is -0.398 e. The highest BCUT2D eigenvalue weighted by Gasteiger charge is 2.43. The van der Waals surface area contributed by atoms with Crippen molar-refractivity contribution in [1.82, 2.24) is 4.90 Å². The van der Waals surface area contributed by atoms with Crippen LogP contribution in [-0.2, 0) is 17.8 Å². The molecule has 0 bridgehead atoms. The maximum Gasteiger partial charge on any atom is 0.471 e. The number of hydrogen-bond acceptors (Lipinski definition) is 2. The first-order chi connectivity index (χ1) is 8.30. The van der Waals surface area contributed by atoms with Crippen LogP contribution in [0.1, 0.15) is 11.1 Å². The molecule has 0 unspecified atom stereocenters. The molecule has 1 aliphatic heterocycles. The van der Waals surface area contributed by atoms with E-state index in [1.165, 1.54) is 0 Å². The Morgan fingerprint density at radius 1 is 1.33 bits per heavy atom. The summed E-state index contributed by atoms with van der Waals surface area (Å²) in [4.78, 5) is 12.0. The van der Waals surface area contributed by atoms with Gasteiger partial charge in [-0.1, -0.05) is 15.9 Å². The van der Waals surface area contributed by atoms with E-state index in [9.17, 15) is 18.0 Å². The Hall–Kier alpha value is -1.24. The van der Waals surface area contributed by atoms with E-state index in [0.717, 1.165) is 14.9 Å². The first kappa shape index (κ1) is 13.2. The Morgan fingerprint density at radius 2 is 2.00 bits per heavy atom. The molecule has 0 saturated heterocycles. The Morgan fingerprint density at radius 3 is 2.61 bits per heavy atom. The van der Waals surface area contributed by atoms with E-state index < -0.39 is 12.1 Å². The van der Waals surface area contributed by atoms with E-state index in [-0.39, 0.29) is 13.1 Å². The van der Waals surface area contributed by atoms with Crippen LogP contribution in [0.2, 0.25) is 0 Å². The van der Waals surface area contributed by atoms with E-state index >= 15 is 0 Å². The van der Waals surface area contributed by atoms with E-state index in [1.807, 2.05) is 0 Å². The fourth-order valence-electron chi connectivity index (χ4n) is 2.01. The zero-order valence-corrected chi connectivity index (χ0v) is 10.8. The van der Waals surface area contributed by atoms with Gasteiger partial charge in [0.05, 0.1) is 0 Å². The zero-order valence-electron chi connectivity index (χ0n) is 9.22. The third-order valence-electron chi connectivity index (χ3n) is 2.92. The second-order valence-electron chi connectivity index (χ2n) is 4.07. The fraction of sp³-hybridized carbons (Fsp3) is 0.364. The van der Waals surface area contributed by atoms with Crippen LogP contribution in [0.5, 0.6) is 0 Å². The summed E-state index contributed by atoms with van der Waals surface area (Å²) in [6, 6.07) is 3.37. The van der Waals surface area contributed by atoms with Crippen LogP contribution >= 0.6 is 15.9 Å². The van der Waals surface area contributed by atoms with Crippen LogP contribution in [0.3, 0.4) is 0 Å². The molecule has 98 valence electrons. The van der Waals surface area contributed by atoms with Gasteiger partial charge in [-0.25, -0.2) is 0 Å². The van der Waals surface area contributed by atoms with Gasteiger partial charge in [0.25, 0.3) is 0 Å². The van der Waals surface area contributed by atoms with Crippen molar-refractivity contribution in [2.45, 2.75) is 19.1 Å². The van der Waals surface area contributed by atoms with Crippen LogP contribution < -0.4 is 5.73 Å². The fourth-order valence-corrected chi connectivity index (χ4v) is 2.58. The molecular weight excluding hydrogens is 313 g/mol. The minimum atomic E-state index is -4.84. The molecule has 0 fully saturated rings. The van der Waals surface area contributed by atoms with Gasteiger partial charge in [0, 0.05) is 23.2 Å². The van der Waals surface area contributed by atoms with Gasteiger partial charge in [0.15, 0.2) is 0 Å². The zero-order chi connectivity index (χ0) is 13.5. The number of nitrogens with two attached hydrogens (primary N) is 1. The Balaban J connectivity index is 2.31. The lowest BCUT2D eigenvalue weighted by molar-refractivity contribution is -0.186. The summed E-state index contributed by atoms with van der Waals surface area (Å²) in [5, 5.41) is 0. The molecule has 2 rings (SSSR count).